The van der Waals surface area contributed by atoms with Gasteiger partial charge < -0.3 is 43.1 Å². The normalized spacial score (nSPS) is 11.2. The van der Waals surface area contributed by atoms with Crippen molar-refractivity contribution >= 4 is 120 Å². The molecule has 0 aliphatic heterocycles. The van der Waals surface area contributed by atoms with Gasteiger partial charge in [0.1, 0.15) is 34.5 Å². The van der Waals surface area contributed by atoms with Crippen molar-refractivity contribution in [1.82, 2.24) is 0 Å². The molecule has 0 saturated heterocycles. The van der Waals surface area contributed by atoms with Crippen LogP contribution in [0.1, 0.15) is 100 Å². The lowest BCUT2D eigenvalue weighted by Gasteiger charge is -2.31. The summed E-state index contributed by atoms with van der Waals surface area (Å²) in [5.41, 5.74) is 54.9. The first-order chi connectivity index (χ1) is 72.5. The van der Waals surface area contributed by atoms with Crippen LogP contribution in [0.4, 0.5) is 51.2 Å². The molecule has 0 bridgehead atoms. The molecule has 0 N–H and O–H groups in total. The van der Waals surface area contributed by atoms with Crippen LogP contribution in [0.3, 0.4) is 0 Å². The maximum atomic E-state index is 5.89. The monoisotopic (exact) mass is 1960 g/mol. The van der Waals surface area contributed by atoms with Crippen molar-refractivity contribution in [2.45, 2.75) is 125 Å². The zero-order valence-corrected chi connectivity index (χ0v) is 91.2. The Hall–Kier alpha value is -16.4. The predicted molar refractivity (Wildman–Crippen MR) is 640 cm³/mol. The van der Waals surface area contributed by atoms with Crippen LogP contribution in [0.15, 0.2) is 364 Å². The molecule has 0 saturated carbocycles. The Morgan fingerprint density at radius 3 is 0.360 bits per heavy atom. The van der Waals surface area contributed by atoms with Crippen molar-refractivity contribution in [1.29, 1.82) is 0 Å². The number of aryl methyl sites for hydroxylation is 18. The fourth-order valence-corrected chi connectivity index (χ4v) is 24.4. The first-order valence-corrected chi connectivity index (χ1v) is 52.1. The fraction of sp³-hybridized carbons (Fsp3) is 0.174. The van der Waals surface area contributed by atoms with E-state index in [-0.39, 0.29) is 20.1 Å². The Balaban J connectivity index is 1.01. The minimum absolute atomic E-state index is 0.133. The van der Waals surface area contributed by atoms with Crippen LogP contribution in [0.25, 0.3) is 66.8 Å². The predicted octanol–water partition coefficient (Wildman–Crippen LogP) is 29.2. The second-order valence-corrected chi connectivity index (χ2v) is 41.1. The van der Waals surface area contributed by atoms with E-state index < -0.39 is 0 Å². The molecule has 19 aromatic rings. The molecule has 0 heterocycles. The number of methoxy groups -OCH3 is 6. The summed E-state index contributed by atoms with van der Waals surface area (Å²) in [5.74, 6) is 4.56. The summed E-state index contributed by atoms with van der Waals surface area (Å²) in [6.07, 6.45) is 0. The lowest BCUT2D eigenvalue weighted by molar-refractivity contribution is 0.414. The van der Waals surface area contributed by atoms with Gasteiger partial charge in [0.15, 0.2) is 0 Å². The topological polar surface area (TPSA) is 65.1 Å². The first kappa shape index (κ1) is 102. The van der Waals surface area contributed by atoms with Gasteiger partial charge in [0.25, 0.3) is 0 Å². The average molecular weight is 1960 g/mol. The molecule has 0 spiro atoms. The summed E-state index contributed by atoms with van der Waals surface area (Å²) in [7, 11) is 10.3. The SMILES string of the molecule is COc1ccc(N(c2ccc(OC)cc2)c2ccc(-c3c(-c4ccc(B(c5c(C)cc(C)cc5C)c5c(C)cc(C)cc5C)cc4)c(-c4ccc(B(c5c(C)cc(C)cc5C)c5c(C)cc(C)cc5C)cc4)c(-c4ccc(N(c5ccc(OC)cc5)c5ccc(OC)cc5)cc4)c(-c4ccc(N(c5ccc(OC)cc5)c5ccc(OC)cc5)cc4)c3-c3ccc(B(c4c(C)cc(C)cc4C)c4c(C)cc(C)cc4C)cc3)cc2)cc1. The van der Waals surface area contributed by atoms with Gasteiger partial charge in [-0.05, 0) is 373 Å². The van der Waals surface area contributed by atoms with Gasteiger partial charge >= 0.3 is 0 Å². The molecule has 150 heavy (non-hydrogen) atoms. The van der Waals surface area contributed by atoms with Crippen LogP contribution in [0.5, 0.6) is 34.5 Å². The van der Waals surface area contributed by atoms with Gasteiger partial charge in [0.2, 0.25) is 20.1 Å². The molecule has 0 aliphatic carbocycles. The first-order valence-electron chi connectivity index (χ1n) is 52.1. The highest BCUT2D eigenvalue weighted by molar-refractivity contribution is 6.98. The molecule has 12 heteroatoms. The van der Waals surface area contributed by atoms with E-state index >= 15 is 0 Å². The third-order valence-electron chi connectivity index (χ3n) is 30.5. The molecule has 0 atom stereocenters. The highest BCUT2D eigenvalue weighted by Gasteiger charge is 2.37. The second-order valence-electron chi connectivity index (χ2n) is 41.1. The van der Waals surface area contributed by atoms with Crippen LogP contribution < -0.4 is 92.3 Å². The Bertz CT molecular complexity index is 7040. The van der Waals surface area contributed by atoms with Crippen molar-refractivity contribution in [2.24, 2.45) is 0 Å². The Morgan fingerprint density at radius 2 is 0.247 bits per heavy atom. The zero-order valence-electron chi connectivity index (χ0n) is 91.2. The lowest BCUT2D eigenvalue weighted by atomic mass is 9.34. The van der Waals surface area contributed by atoms with E-state index in [0.29, 0.717) is 0 Å². The molecule has 0 aliphatic rings. The second kappa shape index (κ2) is 43.5. The van der Waals surface area contributed by atoms with Gasteiger partial charge in [0.05, 0.1) is 42.7 Å². The molecular weight excluding hydrogens is 1830 g/mol. The van der Waals surface area contributed by atoms with Gasteiger partial charge in [-0.25, -0.2) is 0 Å². The summed E-state index contributed by atoms with van der Waals surface area (Å²) in [5, 5.41) is 0. The summed E-state index contributed by atoms with van der Waals surface area (Å²) in [6.45, 7) is 40.7. The van der Waals surface area contributed by atoms with Gasteiger partial charge in [-0.1, -0.05) is 331 Å². The van der Waals surface area contributed by atoms with Crippen LogP contribution in [0.2, 0.25) is 0 Å². The van der Waals surface area contributed by atoms with Gasteiger partial charge in [-0.15, -0.1) is 0 Å². The molecule has 0 aromatic heterocycles. The number of anilines is 9. The summed E-state index contributed by atoms with van der Waals surface area (Å²) in [4.78, 5) is 6.96. The van der Waals surface area contributed by atoms with Crippen molar-refractivity contribution in [3.63, 3.8) is 0 Å². The van der Waals surface area contributed by atoms with E-state index in [1.54, 1.807) is 42.7 Å². The van der Waals surface area contributed by atoms with Crippen LogP contribution in [-0.4, -0.2) is 62.8 Å². The Morgan fingerprint density at radius 1 is 0.140 bits per heavy atom. The van der Waals surface area contributed by atoms with Crippen molar-refractivity contribution in [2.75, 3.05) is 57.4 Å². The highest BCUT2D eigenvalue weighted by atomic mass is 16.5. The quantitative estimate of drug-likeness (QED) is 0.0410. The molecule has 9 nitrogen and oxygen atoms in total. The molecule has 19 rings (SSSR count). The molecular formula is C138H132B3N3O6. The van der Waals surface area contributed by atoms with Crippen LogP contribution in [-0.2, 0) is 0 Å². The smallest absolute Gasteiger partial charge is 0.242 e. The van der Waals surface area contributed by atoms with Crippen molar-refractivity contribution < 1.29 is 28.4 Å². The van der Waals surface area contributed by atoms with Crippen LogP contribution in [0, 0.1) is 125 Å². The fourth-order valence-electron chi connectivity index (χ4n) is 24.4. The molecule has 0 amide bonds. The molecule has 19 aromatic carbocycles. The van der Waals surface area contributed by atoms with Gasteiger partial charge in [-0.3, -0.25) is 0 Å². The van der Waals surface area contributed by atoms with E-state index in [0.717, 1.165) is 152 Å². The van der Waals surface area contributed by atoms with E-state index in [1.165, 1.54) is 149 Å². The van der Waals surface area contributed by atoms with Gasteiger partial charge in [0, 0.05) is 51.2 Å². The molecule has 0 radical (unpaired) electrons. The van der Waals surface area contributed by atoms with E-state index in [1.807, 2.05) is 72.8 Å². The number of ether oxygens (including phenoxy) is 6. The average Bonchev–Trinajstić information content (AvgIpc) is 0.708. The summed E-state index contributed by atoms with van der Waals surface area (Å²) < 4.78 is 35.3. The third-order valence-corrected chi connectivity index (χ3v) is 30.5. The van der Waals surface area contributed by atoms with Crippen LogP contribution >= 0.6 is 0 Å². The van der Waals surface area contributed by atoms with Gasteiger partial charge in [-0.2, -0.15) is 0 Å². The third kappa shape index (κ3) is 20.4. The Kier molecular flexibility index (Phi) is 29.7. The number of rotatable bonds is 30. The van der Waals surface area contributed by atoms with E-state index in [4.69, 9.17) is 28.4 Å². The highest BCUT2D eigenvalue weighted by Crippen LogP contribution is 2.58. The summed E-state index contributed by atoms with van der Waals surface area (Å²) in [6, 6.07) is 136. The minimum atomic E-state index is -0.136. The largest absolute Gasteiger partial charge is 0.497 e. The number of benzene rings is 19. The lowest BCUT2D eigenvalue weighted by Crippen LogP contribution is -2.55. The standard InChI is InChI=1S/C138H132B3N3O6/c1-85-73-91(7)133(92(8)74-85)139(134-93(9)75-86(2)76-94(134)10)109-37-25-103(26-38-109)127-128(104-27-39-110(40-28-104)140(135-95(11)77-87(3)78-96(135)12)136-97(13)79-88(4)80-98(136)14)131(107-33-45-113(46-34-107)143(117-53-65-123(147-21)66-54-117)118-55-67-124(148-22)68-56-118)132(108-35-47-114(48-36-108)144(119-57-69-125(149-23)70-58-119)120-59-71-126(150-24)72-60-120)129(105-29-41-111(42-30-105)141(137-99(15)81-89(5)82-100(137)16)138-101(17)83-90(6)84-102(138)18)130(127)106-31-43-112(44-32-106)142(115-49-61-121(145-19)62-50-115)116-51-63-122(146-20)64-52-116/h25-84H,1-24H3. The maximum Gasteiger partial charge on any atom is 0.242 e. The molecule has 744 valence electrons. The minimum Gasteiger partial charge on any atom is -0.497 e. The maximum absolute atomic E-state index is 5.89. The van der Waals surface area contributed by atoms with Crippen molar-refractivity contribution in [3.05, 3.63) is 464 Å². The van der Waals surface area contributed by atoms with E-state index in [9.17, 15) is 0 Å². The summed E-state index contributed by atoms with van der Waals surface area (Å²) >= 11 is 0. The Labute approximate surface area is 890 Å². The number of hydrogen-bond donors (Lipinski definition) is 0. The zero-order chi connectivity index (χ0) is 105. The van der Waals surface area contributed by atoms with Crippen molar-refractivity contribution in [3.8, 4) is 101 Å². The van der Waals surface area contributed by atoms with E-state index in [2.05, 4.69) is 431 Å². The molecule has 0 fully saturated rings. The molecule has 0 unspecified atom stereocenters. The number of nitrogens with zero attached hydrogens (tertiary/aromatic N) is 3. The number of hydrogen-bond acceptors (Lipinski definition) is 9.